The van der Waals surface area contributed by atoms with Crippen LogP contribution in [0.3, 0.4) is 0 Å². The van der Waals surface area contributed by atoms with Crippen LogP contribution >= 0.6 is 0 Å². The lowest BCUT2D eigenvalue weighted by Crippen LogP contribution is -2.40. The van der Waals surface area contributed by atoms with Crippen molar-refractivity contribution >= 4 is 5.95 Å². The fourth-order valence-corrected chi connectivity index (χ4v) is 2.10. The average molecular weight is 208 g/mol. The quantitative estimate of drug-likeness (QED) is 0.812. The zero-order valence-corrected chi connectivity index (χ0v) is 9.39. The Kier molecular flexibility index (Phi) is 3.26. The molecule has 1 aliphatic rings. The van der Waals surface area contributed by atoms with Crippen molar-refractivity contribution in [3.8, 4) is 0 Å². The highest BCUT2D eigenvalue weighted by Gasteiger charge is 2.19. The highest BCUT2D eigenvalue weighted by atomic mass is 15.3. The van der Waals surface area contributed by atoms with E-state index < -0.39 is 0 Å². The van der Waals surface area contributed by atoms with Gasteiger partial charge in [-0.2, -0.15) is 0 Å². The van der Waals surface area contributed by atoms with Gasteiger partial charge in [0.15, 0.2) is 0 Å². The molecule has 0 aliphatic carbocycles. The molecule has 2 rings (SSSR count). The summed E-state index contributed by atoms with van der Waals surface area (Å²) < 4.78 is 2.23. The van der Waals surface area contributed by atoms with E-state index in [9.17, 15) is 0 Å². The van der Waals surface area contributed by atoms with Crippen molar-refractivity contribution in [1.29, 1.82) is 0 Å². The van der Waals surface area contributed by atoms with Gasteiger partial charge in [-0.15, -0.1) is 0 Å². The smallest absolute Gasteiger partial charge is 0.205 e. The summed E-state index contributed by atoms with van der Waals surface area (Å²) in [6.07, 6.45) is 7.27. The molecule has 0 saturated carbocycles. The maximum absolute atomic E-state index is 5.89. The van der Waals surface area contributed by atoms with Crippen LogP contribution in [0.4, 0.5) is 5.95 Å². The van der Waals surface area contributed by atoms with E-state index in [4.69, 9.17) is 5.73 Å². The fourth-order valence-electron chi connectivity index (χ4n) is 2.10. The van der Waals surface area contributed by atoms with Gasteiger partial charge in [-0.3, -0.25) is 0 Å². The van der Waals surface area contributed by atoms with Crippen molar-refractivity contribution in [3.05, 3.63) is 12.4 Å². The van der Waals surface area contributed by atoms with Gasteiger partial charge in [0.2, 0.25) is 5.95 Å². The van der Waals surface area contributed by atoms with Crippen LogP contribution in [0.15, 0.2) is 12.4 Å². The van der Waals surface area contributed by atoms with Crippen LogP contribution in [0.5, 0.6) is 0 Å². The van der Waals surface area contributed by atoms with Crippen molar-refractivity contribution < 1.29 is 0 Å². The molecule has 0 radical (unpaired) electrons. The van der Waals surface area contributed by atoms with E-state index in [0.717, 1.165) is 44.8 Å². The molecule has 4 nitrogen and oxygen atoms in total. The van der Waals surface area contributed by atoms with Gasteiger partial charge < -0.3 is 15.2 Å². The molecule has 0 unspecified atom stereocenters. The molecule has 1 aliphatic heterocycles. The van der Waals surface area contributed by atoms with Gasteiger partial charge in [0.1, 0.15) is 0 Å². The van der Waals surface area contributed by atoms with Gasteiger partial charge in [-0.1, -0.05) is 6.92 Å². The monoisotopic (exact) mass is 208 g/mol. The normalized spacial score (nSPS) is 18.4. The van der Waals surface area contributed by atoms with Crippen LogP contribution in [0.25, 0.3) is 0 Å². The number of aromatic nitrogens is 2. The standard InChI is InChI=1S/C11H20N4/c1-2-6-14-9-5-13-11(14)15-7-3-10(12)4-8-15/h5,9-10H,2-4,6-8,12H2,1H3. The Bertz CT molecular complexity index is 299. The molecule has 1 saturated heterocycles. The second-order valence-electron chi connectivity index (χ2n) is 4.25. The zero-order chi connectivity index (χ0) is 10.7. The van der Waals surface area contributed by atoms with Crippen LogP contribution in [-0.2, 0) is 6.54 Å². The van der Waals surface area contributed by atoms with Gasteiger partial charge in [-0.25, -0.2) is 4.98 Å². The lowest BCUT2D eigenvalue weighted by molar-refractivity contribution is 0.488. The summed E-state index contributed by atoms with van der Waals surface area (Å²) in [5.41, 5.74) is 5.89. The first-order chi connectivity index (χ1) is 7.31. The topological polar surface area (TPSA) is 47.1 Å². The van der Waals surface area contributed by atoms with Crippen LogP contribution in [0.2, 0.25) is 0 Å². The molecule has 84 valence electrons. The first-order valence-corrected chi connectivity index (χ1v) is 5.83. The number of nitrogens with two attached hydrogens (primary N) is 1. The third-order valence-corrected chi connectivity index (χ3v) is 2.98. The number of anilines is 1. The van der Waals surface area contributed by atoms with E-state index in [1.54, 1.807) is 0 Å². The minimum atomic E-state index is 0.385. The minimum Gasteiger partial charge on any atom is -0.342 e. The molecule has 2 heterocycles. The molecule has 0 spiro atoms. The molecular weight excluding hydrogens is 188 g/mol. The number of hydrogen-bond acceptors (Lipinski definition) is 3. The SMILES string of the molecule is CCCn1ccnc1N1CCC(N)CC1. The molecule has 1 fully saturated rings. The van der Waals surface area contributed by atoms with Gasteiger partial charge >= 0.3 is 0 Å². The maximum atomic E-state index is 5.89. The third kappa shape index (κ3) is 2.31. The molecule has 0 amide bonds. The minimum absolute atomic E-state index is 0.385. The highest BCUT2D eigenvalue weighted by molar-refractivity contribution is 5.32. The van der Waals surface area contributed by atoms with E-state index in [0.29, 0.717) is 6.04 Å². The van der Waals surface area contributed by atoms with Crippen molar-refractivity contribution in [1.82, 2.24) is 9.55 Å². The summed E-state index contributed by atoms with van der Waals surface area (Å²) in [6, 6.07) is 0.385. The van der Waals surface area contributed by atoms with Gasteiger partial charge in [0.05, 0.1) is 0 Å². The first-order valence-electron chi connectivity index (χ1n) is 5.83. The second kappa shape index (κ2) is 4.66. The van der Waals surface area contributed by atoms with Crippen molar-refractivity contribution in [2.45, 2.75) is 38.8 Å². The number of piperidine rings is 1. The molecular formula is C11H20N4. The number of hydrogen-bond donors (Lipinski definition) is 1. The number of rotatable bonds is 3. The Morgan fingerprint density at radius 3 is 2.87 bits per heavy atom. The molecule has 1 aromatic heterocycles. The largest absolute Gasteiger partial charge is 0.342 e. The molecule has 2 N–H and O–H groups in total. The summed E-state index contributed by atoms with van der Waals surface area (Å²) in [5.74, 6) is 1.11. The van der Waals surface area contributed by atoms with Crippen LogP contribution in [0, 0.1) is 0 Å². The Balaban J connectivity index is 2.05. The number of aryl methyl sites for hydroxylation is 1. The summed E-state index contributed by atoms with van der Waals surface area (Å²) in [6.45, 7) is 5.33. The predicted octanol–water partition coefficient (Wildman–Crippen LogP) is 1.22. The molecule has 1 aromatic rings. The molecule has 0 aromatic carbocycles. The predicted molar refractivity (Wildman–Crippen MR) is 61.9 cm³/mol. The van der Waals surface area contributed by atoms with E-state index in [-0.39, 0.29) is 0 Å². The lowest BCUT2D eigenvalue weighted by Gasteiger charge is -2.31. The molecule has 0 atom stereocenters. The van der Waals surface area contributed by atoms with E-state index >= 15 is 0 Å². The molecule has 15 heavy (non-hydrogen) atoms. The first kappa shape index (κ1) is 10.5. The van der Waals surface area contributed by atoms with Crippen LogP contribution in [0.1, 0.15) is 26.2 Å². The van der Waals surface area contributed by atoms with Crippen molar-refractivity contribution in [2.75, 3.05) is 18.0 Å². The second-order valence-corrected chi connectivity index (χ2v) is 4.25. The van der Waals surface area contributed by atoms with Crippen LogP contribution in [-0.4, -0.2) is 28.7 Å². The fraction of sp³-hybridized carbons (Fsp3) is 0.727. The molecule has 4 heteroatoms. The summed E-state index contributed by atoms with van der Waals surface area (Å²) in [5, 5.41) is 0. The Morgan fingerprint density at radius 2 is 2.20 bits per heavy atom. The highest BCUT2D eigenvalue weighted by Crippen LogP contribution is 2.17. The Hall–Kier alpha value is -1.03. The van der Waals surface area contributed by atoms with Gasteiger partial charge in [-0.05, 0) is 19.3 Å². The number of imidazole rings is 1. The summed E-state index contributed by atoms with van der Waals surface area (Å²) in [4.78, 5) is 6.78. The zero-order valence-electron chi connectivity index (χ0n) is 9.39. The van der Waals surface area contributed by atoms with E-state index in [1.165, 1.54) is 0 Å². The van der Waals surface area contributed by atoms with Crippen LogP contribution < -0.4 is 10.6 Å². The Labute approximate surface area is 91.1 Å². The van der Waals surface area contributed by atoms with Gasteiger partial charge in [0, 0.05) is 38.1 Å². The lowest BCUT2D eigenvalue weighted by atomic mass is 10.1. The van der Waals surface area contributed by atoms with Crippen molar-refractivity contribution in [2.24, 2.45) is 5.73 Å². The maximum Gasteiger partial charge on any atom is 0.205 e. The van der Waals surface area contributed by atoms with Crippen molar-refractivity contribution in [3.63, 3.8) is 0 Å². The Morgan fingerprint density at radius 1 is 1.47 bits per heavy atom. The summed E-state index contributed by atoms with van der Waals surface area (Å²) >= 11 is 0. The van der Waals surface area contributed by atoms with Gasteiger partial charge in [0.25, 0.3) is 0 Å². The summed E-state index contributed by atoms with van der Waals surface area (Å²) in [7, 11) is 0. The van der Waals surface area contributed by atoms with E-state index in [1.807, 2.05) is 6.20 Å². The van der Waals surface area contributed by atoms with E-state index in [2.05, 4.69) is 27.6 Å². The average Bonchev–Trinajstić information content (AvgIpc) is 2.68. The molecule has 0 bridgehead atoms. The number of nitrogens with zero attached hydrogens (tertiary/aromatic N) is 3. The third-order valence-electron chi connectivity index (χ3n) is 2.98.